The summed E-state index contributed by atoms with van der Waals surface area (Å²) in [6.45, 7) is 4.03. The number of piperazine rings is 1. The van der Waals surface area contributed by atoms with Gasteiger partial charge in [-0.25, -0.2) is 0 Å². The van der Waals surface area contributed by atoms with Crippen LogP contribution in [0.2, 0.25) is 0 Å². The van der Waals surface area contributed by atoms with Gasteiger partial charge in [-0.1, -0.05) is 12.1 Å². The Morgan fingerprint density at radius 1 is 1.21 bits per heavy atom. The van der Waals surface area contributed by atoms with E-state index in [1.54, 1.807) is 33.8 Å². The Morgan fingerprint density at radius 2 is 1.93 bits per heavy atom. The van der Waals surface area contributed by atoms with E-state index in [2.05, 4.69) is 14.7 Å². The Labute approximate surface area is 167 Å². The van der Waals surface area contributed by atoms with Gasteiger partial charge >= 0.3 is 6.18 Å². The maximum absolute atomic E-state index is 12.8. The summed E-state index contributed by atoms with van der Waals surface area (Å²) >= 11 is 0. The summed E-state index contributed by atoms with van der Waals surface area (Å²) in [6.07, 6.45) is -2.35. The second-order valence-corrected chi connectivity index (χ2v) is 7.29. The fourth-order valence-electron chi connectivity index (χ4n) is 3.42. The number of alkyl halides is 3. The highest BCUT2D eigenvalue weighted by atomic mass is 19.4. The van der Waals surface area contributed by atoms with Crippen LogP contribution in [0.3, 0.4) is 0 Å². The second-order valence-electron chi connectivity index (χ2n) is 7.29. The van der Waals surface area contributed by atoms with Crippen molar-refractivity contribution in [2.75, 3.05) is 32.8 Å². The Balaban J connectivity index is 1.52. The van der Waals surface area contributed by atoms with Crippen molar-refractivity contribution in [3.05, 3.63) is 52.8 Å². The highest BCUT2D eigenvalue weighted by Crippen LogP contribution is 2.17. The first-order valence-corrected chi connectivity index (χ1v) is 9.45. The zero-order valence-electron chi connectivity index (χ0n) is 16.6. The zero-order chi connectivity index (χ0) is 21.0. The number of amides is 1. The van der Waals surface area contributed by atoms with Crippen molar-refractivity contribution in [2.24, 2.45) is 7.05 Å². The number of hydrogen-bond acceptors (Lipinski definition) is 4. The molecule has 0 saturated carbocycles. The molecule has 0 atom stereocenters. The SMILES string of the molecule is Cc1nn(C)cc1CN1CCN(C(=O)c2cccc(COCC(F)(F)F)c2)CC1. The molecule has 1 aromatic heterocycles. The van der Waals surface area contributed by atoms with Crippen LogP contribution in [-0.2, 0) is 24.9 Å². The van der Waals surface area contributed by atoms with Crippen LogP contribution in [0, 0.1) is 6.92 Å². The van der Waals surface area contributed by atoms with Crippen molar-refractivity contribution >= 4 is 5.91 Å². The Hall–Kier alpha value is -2.39. The number of ether oxygens (including phenoxy) is 1. The van der Waals surface area contributed by atoms with Gasteiger partial charge in [0.1, 0.15) is 6.61 Å². The van der Waals surface area contributed by atoms with Gasteiger partial charge in [-0.3, -0.25) is 14.4 Å². The van der Waals surface area contributed by atoms with Crippen LogP contribution in [0.15, 0.2) is 30.5 Å². The number of hydrogen-bond donors (Lipinski definition) is 0. The number of nitrogens with zero attached hydrogens (tertiary/aromatic N) is 4. The molecule has 0 radical (unpaired) electrons. The summed E-state index contributed by atoms with van der Waals surface area (Å²) in [4.78, 5) is 16.8. The minimum absolute atomic E-state index is 0.111. The van der Waals surface area contributed by atoms with E-state index in [0.29, 0.717) is 24.2 Å². The fourth-order valence-corrected chi connectivity index (χ4v) is 3.42. The van der Waals surface area contributed by atoms with E-state index in [1.165, 1.54) is 5.56 Å². The summed E-state index contributed by atoms with van der Waals surface area (Å²) in [5.74, 6) is -0.111. The molecule has 0 aliphatic carbocycles. The molecule has 6 nitrogen and oxygen atoms in total. The number of rotatable bonds is 6. The Kier molecular flexibility index (Phi) is 6.59. The molecule has 29 heavy (non-hydrogen) atoms. The lowest BCUT2D eigenvalue weighted by Crippen LogP contribution is -2.48. The summed E-state index contributed by atoms with van der Waals surface area (Å²) in [7, 11) is 1.90. The molecule has 0 unspecified atom stereocenters. The van der Waals surface area contributed by atoms with Crippen LogP contribution < -0.4 is 0 Å². The Bertz CT molecular complexity index is 842. The highest BCUT2D eigenvalue weighted by molar-refractivity contribution is 5.94. The van der Waals surface area contributed by atoms with E-state index in [-0.39, 0.29) is 12.5 Å². The van der Waals surface area contributed by atoms with Gasteiger partial charge in [0.15, 0.2) is 0 Å². The van der Waals surface area contributed by atoms with Gasteiger partial charge in [0, 0.05) is 57.1 Å². The molecule has 158 valence electrons. The van der Waals surface area contributed by atoms with Gasteiger partial charge < -0.3 is 9.64 Å². The highest BCUT2D eigenvalue weighted by Gasteiger charge is 2.27. The van der Waals surface area contributed by atoms with Crippen molar-refractivity contribution in [2.45, 2.75) is 26.3 Å². The van der Waals surface area contributed by atoms with E-state index >= 15 is 0 Å². The maximum atomic E-state index is 12.8. The van der Waals surface area contributed by atoms with Gasteiger partial charge in [-0.15, -0.1) is 0 Å². The lowest BCUT2D eigenvalue weighted by Gasteiger charge is -2.34. The van der Waals surface area contributed by atoms with Crippen molar-refractivity contribution < 1.29 is 22.7 Å². The second kappa shape index (κ2) is 8.96. The van der Waals surface area contributed by atoms with Gasteiger partial charge in [0.25, 0.3) is 5.91 Å². The molecule has 3 rings (SSSR count). The number of carbonyl (C=O) groups excluding carboxylic acids is 1. The summed E-state index contributed by atoms with van der Waals surface area (Å²) < 4.78 is 43.1. The summed E-state index contributed by atoms with van der Waals surface area (Å²) in [5.41, 5.74) is 3.20. The number of carbonyl (C=O) groups is 1. The zero-order valence-corrected chi connectivity index (χ0v) is 16.6. The van der Waals surface area contributed by atoms with Crippen LogP contribution >= 0.6 is 0 Å². The quantitative estimate of drug-likeness (QED) is 0.735. The van der Waals surface area contributed by atoms with E-state index < -0.39 is 12.8 Å². The third-order valence-corrected chi connectivity index (χ3v) is 4.88. The predicted molar refractivity (Wildman–Crippen MR) is 101 cm³/mol. The summed E-state index contributed by atoms with van der Waals surface area (Å²) in [6, 6.07) is 6.60. The van der Waals surface area contributed by atoms with Crippen LogP contribution in [0.1, 0.15) is 27.2 Å². The smallest absolute Gasteiger partial charge is 0.367 e. The van der Waals surface area contributed by atoms with Crippen LogP contribution in [-0.4, -0.2) is 64.4 Å². The van der Waals surface area contributed by atoms with Crippen LogP contribution in [0.4, 0.5) is 13.2 Å². The monoisotopic (exact) mass is 410 g/mol. The summed E-state index contributed by atoms with van der Waals surface area (Å²) in [5, 5.41) is 4.36. The number of benzene rings is 1. The van der Waals surface area contributed by atoms with Crippen molar-refractivity contribution in [1.82, 2.24) is 19.6 Å². The van der Waals surface area contributed by atoms with Crippen molar-refractivity contribution in [1.29, 1.82) is 0 Å². The molecule has 1 fully saturated rings. The number of aryl methyl sites for hydroxylation is 2. The molecular formula is C20H25F3N4O2. The van der Waals surface area contributed by atoms with E-state index in [9.17, 15) is 18.0 Å². The molecule has 2 heterocycles. The van der Waals surface area contributed by atoms with Gasteiger partial charge in [-0.2, -0.15) is 18.3 Å². The average molecular weight is 410 g/mol. The largest absolute Gasteiger partial charge is 0.411 e. The molecule has 0 spiro atoms. The van der Waals surface area contributed by atoms with E-state index in [4.69, 9.17) is 0 Å². The fraction of sp³-hybridized carbons (Fsp3) is 0.500. The molecule has 1 aliphatic heterocycles. The number of halogens is 3. The minimum Gasteiger partial charge on any atom is -0.367 e. The lowest BCUT2D eigenvalue weighted by atomic mass is 10.1. The van der Waals surface area contributed by atoms with Crippen molar-refractivity contribution in [3.8, 4) is 0 Å². The normalized spacial score (nSPS) is 15.7. The topological polar surface area (TPSA) is 50.6 Å². The Morgan fingerprint density at radius 3 is 2.55 bits per heavy atom. The molecule has 2 aromatic rings. The molecule has 1 saturated heterocycles. The number of aromatic nitrogens is 2. The third kappa shape index (κ3) is 6.04. The first kappa shape index (κ1) is 21.3. The molecule has 1 amide bonds. The molecule has 1 aromatic carbocycles. The standard InChI is InChI=1S/C20H25F3N4O2/c1-15-18(11-25(2)24-15)12-26-6-8-27(9-7-26)19(28)17-5-3-4-16(10-17)13-29-14-20(21,22)23/h3-5,10-11H,6-9,12-14H2,1-2H3. The minimum atomic E-state index is -4.36. The van der Waals surface area contributed by atoms with E-state index in [0.717, 1.165) is 25.3 Å². The first-order chi connectivity index (χ1) is 13.7. The van der Waals surface area contributed by atoms with Crippen LogP contribution in [0.5, 0.6) is 0 Å². The molecular weight excluding hydrogens is 385 g/mol. The third-order valence-electron chi connectivity index (χ3n) is 4.88. The lowest BCUT2D eigenvalue weighted by molar-refractivity contribution is -0.176. The maximum Gasteiger partial charge on any atom is 0.411 e. The molecule has 1 aliphatic rings. The first-order valence-electron chi connectivity index (χ1n) is 9.45. The van der Waals surface area contributed by atoms with Crippen LogP contribution in [0.25, 0.3) is 0 Å². The predicted octanol–water partition coefficient (Wildman–Crippen LogP) is 2.77. The van der Waals surface area contributed by atoms with E-state index in [1.807, 2.05) is 20.2 Å². The average Bonchev–Trinajstić information content (AvgIpc) is 2.98. The molecule has 9 heteroatoms. The molecule has 0 N–H and O–H groups in total. The van der Waals surface area contributed by atoms with Gasteiger partial charge in [-0.05, 0) is 24.6 Å². The van der Waals surface area contributed by atoms with Gasteiger partial charge in [0.05, 0.1) is 12.3 Å². The molecule has 0 bridgehead atoms. The van der Waals surface area contributed by atoms with Gasteiger partial charge in [0.2, 0.25) is 0 Å². The van der Waals surface area contributed by atoms with Crippen molar-refractivity contribution in [3.63, 3.8) is 0 Å².